The summed E-state index contributed by atoms with van der Waals surface area (Å²) in [5.41, 5.74) is 0.0128. The van der Waals surface area contributed by atoms with Crippen LogP contribution in [0, 0.1) is 0 Å². The number of aryl methyl sites for hydroxylation is 3. The van der Waals surface area contributed by atoms with E-state index >= 15 is 0 Å². The minimum atomic E-state index is -4.60. The van der Waals surface area contributed by atoms with Crippen LogP contribution in [0.15, 0.2) is 11.1 Å². The summed E-state index contributed by atoms with van der Waals surface area (Å²) < 4.78 is 69.0. The topological polar surface area (TPSA) is 82.7 Å². The summed E-state index contributed by atoms with van der Waals surface area (Å²) >= 11 is 0. The Morgan fingerprint density at radius 3 is 2.50 bits per heavy atom. The van der Waals surface area contributed by atoms with Crippen molar-refractivity contribution >= 4 is 20.9 Å². The zero-order valence-corrected chi connectivity index (χ0v) is 17.7. The Morgan fingerprint density at radius 1 is 1.13 bits per heavy atom. The first-order valence-electron chi connectivity index (χ1n) is 9.84. The number of fused-ring (bicyclic) bond motifs is 2. The molecule has 1 aliphatic rings. The van der Waals surface area contributed by atoms with Gasteiger partial charge in [-0.2, -0.15) is 13.2 Å². The van der Waals surface area contributed by atoms with Gasteiger partial charge in [-0.15, -0.1) is 0 Å². The highest BCUT2D eigenvalue weighted by Gasteiger charge is 2.35. The fourth-order valence-electron chi connectivity index (χ4n) is 3.98. The van der Waals surface area contributed by atoms with Gasteiger partial charge < -0.3 is 9.13 Å². The molecular formula is C19H22F3N5O2S. The van der Waals surface area contributed by atoms with Crippen LogP contribution in [0.2, 0.25) is 0 Å². The van der Waals surface area contributed by atoms with Gasteiger partial charge >= 0.3 is 6.18 Å². The van der Waals surface area contributed by atoms with Gasteiger partial charge in [-0.25, -0.2) is 23.4 Å². The monoisotopic (exact) mass is 441 g/mol. The molecule has 0 saturated carbocycles. The fourth-order valence-corrected chi connectivity index (χ4v) is 5.22. The lowest BCUT2D eigenvalue weighted by molar-refractivity contribution is -0.141. The molecule has 3 aromatic heterocycles. The number of aromatic nitrogens is 5. The van der Waals surface area contributed by atoms with Crippen LogP contribution >= 0.6 is 0 Å². The van der Waals surface area contributed by atoms with Crippen molar-refractivity contribution in [2.24, 2.45) is 7.05 Å². The molecule has 0 bridgehead atoms. The highest BCUT2D eigenvalue weighted by Crippen LogP contribution is 2.35. The van der Waals surface area contributed by atoms with Gasteiger partial charge in [0.1, 0.15) is 17.2 Å². The summed E-state index contributed by atoms with van der Waals surface area (Å²) in [6.07, 6.45) is -1.92. The van der Waals surface area contributed by atoms with Gasteiger partial charge in [0.25, 0.3) is 0 Å². The minimum absolute atomic E-state index is 0.0974. The van der Waals surface area contributed by atoms with Crippen molar-refractivity contribution in [2.75, 3.05) is 5.75 Å². The summed E-state index contributed by atoms with van der Waals surface area (Å²) in [5.74, 6) is 0.796. The predicted octanol–water partition coefficient (Wildman–Crippen LogP) is 3.54. The van der Waals surface area contributed by atoms with E-state index in [1.807, 2.05) is 0 Å². The Kier molecular flexibility index (Phi) is 4.91. The first-order chi connectivity index (χ1) is 14.1. The molecule has 4 rings (SSSR count). The second-order valence-corrected chi connectivity index (χ2v) is 9.56. The smallest absolute Gasteiger partial charge is 0.324 e. The second kappa shape index (κ2) is 7.07. The molecule has 1 aliphatic heterocycles. The lowest BCUT2D eigenvalue weighted by Crippen LogP contribution is -2.17. The van der Waals surface area contributed by atoms with Crippen molar-refractivity contribution in [3.05, 3.63) is 23.3 Å². The lowest BCUT2D eigenvalue weighted by Gasteiger charge is -2.16. The molecule has 30 heavy (non-hydrogen) atoms. The number of hydrogen-bond donors (Lipinski definition) is 0. The molecule has 0 amide bonds. The number of nitrogens with zero attached hydrogens (tertiary/aromatic N) is 5. The highest BCUT2D eigenvalue weighted by molar-refractivity contribution is 7.91. The number of halogens is 3. The molecule has 0 aliphatic carbocycles. The van der Waals surface area contributed by atoms with E-state index in [0.717, 1.165) is 18.9 Å². The van der Waals surface area contributed by atoms with Crippen molar-refractivity contribution in [3.8, 4) is 11.5 Å². The number of pyridine rings is 1. The maximum Gasteiger partial charge on any atom is 0.433 e. The average molecular weight is 441 g/mol. The molecule has 0 radical (unpaired) electrons. The molecule has 0 aromatic carbocycles. The first-order valence-corrected chi connectivity index (χ1v) is 11.5. The minimum Gasteiger partial charge on any atom is -0.324 e. The third-order valence-corrected chi connectivity index (χ3v) is 7.23. The van der Waals surface area contributed by atoms with Crippen LogP contribution in [-0.2, 0) is 42.4 Å². The maximum atomic E-state index is 13.3. The first kappa shape index (κ1) is 20.8. The molecule has 0 fully saturated rings. The van der Waals surface area contributed by atoms with Crippen LogP contribution in [0.3, 0.4) is 0 Å². The van der Waals surface area contributed by atoms with Crippen LogP contribution in [0.5, 0.6) is 0 Å². The zero-order chi connectivity index (χ0) is 21.8. The molecule has 162 valence electrons. The van der Waals surface area contributed by atoms with E-state index < -0.39 is 21.7 Å². The van der Waals surface area contributed by atoms with Crippen molar-refractivity contribution in [2.45, 2.75) is 57.3 Å². The third-order valence-electron chi connectivity index (χ3n) is 5.47. The summed E-state index contributed by atoms with van der Waals surface area (Å²) in [6.45, 7) is 3.82. The number of alkyl halides is 3. The molecule has 11 heteroatoms. The normalized spacial score (nSPS) is 15.0. The van der Waals surface area contributed by atoms with Gasteiger partial charge in [0, 0.05) is 20.0 Å². The van der Waals surface area contributed by atoms with E-state index in [9.17, 15) is 21.6 Å². The molecule has 7 nitrogen and oxygen atoms in total. The fraction of sp³-hybridized carbons (Fsp3) is 0.526. The SMILES string of the molecule is CCc1nc(C(F)(F)F)cc2nc(-c3nc4n(c3S(=O)(=O)CC)CCCC4)n(C)c12. The zero-order valence-electron chi connectivity index (χ0n) is 16.9. The van der Waals surface area contributed by atoms with Gasteiger partial charge in [0.15, 0.2) is 20.7 Å². The van der Waals surface area contributed by atoms with Crippen molar-refractivity contribution in [3.63, 3.8) is 0 Å². The van der Waals surface area contributed by atoms with E-state index in [4.69, 9.17) is 0 Å². The number of imidazole rings is 2. The molecule has 0 unspecified atom stereocenters. The number of rotatable bonds is 4. The van der Waals surface area contributed by atoms with Gasteiger partial charge in [-0.05, 0) is 25.3 Å². The summed E-state index contributed by atoms with van der Waals surface area (Å²) in [5, 5.41) is 0.0974. The van der Waals surface area contributed by atoms with E-state index in [1.54, 1.807) is 30.0 Å². The van der Waals surface area contributed by atoms with Crippen molar-refractivity contribution < 1.29 is 21.6 Å². The quantitative estimate of drug-likeness (QED) is 0.619. The predicted molar refractivity (Wildman–Crippen MR) is 105 cm³/mol. The Bertz CT molecular complexity index is 1240. The summed E-state index contributed by atoms with van der Waals surface area (Å²) in [4.78, 5) is 12.8. The molecule has 0 N–H and O–H groups in total. The molecule has 0 spiro atoms. The lowest BCUT2D eigenvalue weighted by atomic mass is 10.2. The molecule has 0 saturated heterocycles. The van der Waals surface area contributed by atoms with Crippen LogP contribution < -0.4 is 0 Å². The van der Waals surface area contributed by atoms with E-state index in [1.165, 1.54) is 0 Å². The third kappa shape index (κ3) is 3.19. The van der Waals surface area contributed by atoms with Crippen LogP contribution in [0.25, 0.3) is 22.6 Å². The maximum absolute atomic E-state index is 13.3. The highest BCUT2D eigenvalue weighted by atomic mass is 32.2. The second-order valence-electron chi connectivity index (χ2n) is 7.36. The molecule has 0 atom stereocenters. The van der Waals surface area contributed by atoms with Crippen LogP contribution in [0.4, 0.5) is 13.2 Å². The number of sulfone groups is 1. The Hall–Kier alpha value is -2.43. The van der Waals surface area contributed by atoms with Gasteiger partial charge in [0.2, 0.25) is 0 Å². The average Bonchev–Trinajstić information content (AvgIpc) is 3.25. The van der Waals surface area contributed by atoms with Crippen molar-refractivity contribution in [1.29, 1.82) is 0 Å². The summed E-state index contributed by atoms with van der Waals surface area (Å²) in [6, 6.07) is 0.905. The summed E-state index contributed by atoms with van der Waals surface area (Å²) in [7, 11) is -1.97. The molecule has 3 aromatic rings. The van der Waals surface area contributed by atoms with E-state index in [0.29, 0.717) is 24.3 Å². The Labute approximate surface area is 171 Å². The largest absolute Gasteiger partial charge is 0.433 e. The van der Waals surface area contributed by atoms with Gasteiger partial charge in [0.05, 0.1) is 22.5 Å². The van der Waals surface area contributed by atoms with E-state index in [-0.39, 0.29) is 39.9 Å². The van der Waals surface area contributed by atoms with Gasteiger partial charge in [-0.3, -0.25) is 0 Å². The van der Waals surface area contributed by atoms with Crippen molar-refractivity contribution in [1.82, 2.24) is 24.1 Å². The Morgan fingerprint density at radius 2 is 1.87 bits per heavy atom. The van der Waals surface area contributed by atoms with E-state index in [2.05, 4.69) is 15.0 Å². The number of hydrogen-bond acceptors (Lipinski definition) is 5. The Balaban J connectivity index is 2.04. The molecular weight excluding hydrogens is 419 g/mol. The van der Waals surface area contributed by atoms with Gasteiger partial charge in [-0.1, -0.05) is 13.8 Å². The standard InChI is InChI=1S/C19H22F3N5O2S/c1-4-11-16-12(10-13(23-11)19(20,21)22)24-17(26(16)3)15-18(30(28,29)5-2)27-9-7-6-8-14(27)25-15/h10H,4-9H2,1-3H3. The van der Waals surface area contributed by atoms with Crippen LogP contribution in [0.1, 0.15) is 43.9 Å². The molecule has 4 heterocycles. The van der Waals surface area contributed by atoms with Crippen LogP contribution in [-0.4, -0.2) is 38.3 Å².